The fourth-order valence-corrected chi connectivity index (χ4v) is 1.21. The van der Waals surface area contributed by atoms with Crippen LogP contribution in [0.3, 0.4) is 0 Å². The molecular weight excluding hydrogens is 194 g/mol. The van der Waals surface area contributed by atoms with E-state index in [1.807, 2.05) is 0 Å². The highest BCUT2D eigenvalue weighted by atomic mass is 16.5. The Kier molecular flexibility index (Phi) is 3.85. The van der Waals surface area contributed by atoms with Crippen LogP contribution in [0.2, 0.25) is 0 Å². The highest BCUT2D eigenvalue weighted by Crippen LogP contribution is 2.18. The van der Waals surface area contributed by atoms with E-state index in [2.05, 4.69) is 0 Å². The molecule has 0 aliphatic heterocycles. The van der Waals surface area contributed by atoms with Crippen molar-refractivity contribution in [3.8, 4) is 5.75 Å². The molecule has 0 bridgehead atoms. The Morgan fingerprint density at radius 3 is 2.40 bits per heavy atom. The summed E-state index contributed by atoms with van der Waals surface area (Å²) in [5, 5.41) is 0. The first-order valence-corrected chi connectivity index (χ1v) is 4.46. The average Bonchev–Trinajstić information content (AvgIpc) is 2.26. The summed E-state index contributed by atoms with van der Waals surface area (Å²) in [6.45, 7) is 1.35. The Labute approximate surface area is 88.5 Å². The molecule has 1 rings (SSSR count). The first kappa shape index (κ1) is 11.2. The van der Waals surface area contributed by atoms with E-state index < -0.39 is 0 Å². The molecule has 0 atom stereocenters. The van der Waals surface area contributed by atoms with Crippen LogP contribution >= 0.6 is 0 Å². The van der Waals surface area contributed by atoms with E-state index in [1.54, 1.807) is 37.7 Å². The van der Waals surface area contributed by atoms with Crippen molar-refractivity contribution in [2.24, 2.45) is 0 Å². The molecule has 0 saturated carbocycles. The predicted octanol–water partition coefficient (Wildman–Crippen LogP) is 1.16. The largest absolute Gasteiger partial charge is 0.497 e. The van der Waals surface area contributed by atoms with Crippen molar-refractivity contribution < 1.29 is 14.3 Å². The molecular formula is C11H12NO3. The van der Waals surface area contributed by atoms with Gasteiger partial charge < -0.3 is 9.64 Å². The minimum atomic E-state index is -0.191. The van der Waals surface area contributed by atoms with Gasteiger partial charge in [0.2, 0.25) is 12.2 Å². The molecule has 0 fully saturated rings. The Bertz CT molecular complexity index is 345. The van der Waals surface area contributed by atoms with Crippen LogP contribution in [-0.2, 0) is 9.59 Å². The average molecular weight is 206 g/mol. The third kappa shape index (κ3) is 2.80. The lowest BCUT2D eigenvalue weighted by Crippen LogP contribution is -2.30. The lowest BCUT2D eigenvalue weighted by Gasteiger charge is -2.17. The van der Waals surface area contributed by atoms with Gasteiger partial charge in [-0.2, -0.15) is 0 Å². The van der Waals surface area contributed by atoms with Gasteiger partial charge in [-0.3, -0.25) is 9.59 Å². The Morgan fingerprint density at radius 1 is 1.40 bits per heavy atom. The zero-order valence-electron chi connectivity index (χ0n) is 8.69. The van der Waals surface area contributed by atoms with E-state index >= 15 is 0 Å². The normalized spacial score (nSPS) is 9.47. The number of rotatable bonds is 4. The maximum atomic E-state index is 11.2. The molecule has 1 aromatic rings. The van der Waals surface area contributed by atoms with Gasteiger partial charge in [-0.25, -0.2) is 0 Å². The summed E-state index contributed by atoms with van der Waals surface area (Å²) in [5.41, 5.74) is 0.659. The summed E-state index contributed by atoms with van der Waals surface area (Å²) in [4.78, 5) is 22.8. The molecule has 0 aliphatic rings. The molecule has 0 saturated heterocycles. The smallest absolute Gasteiger partial charge is 0.224 e. The summed E-state index contributed by atoms with van der Waals surface area (Å²) in [6, 6.07) is 6.90. The summed E-state index contributed by atoms with van der Waals surface area (Å²) in [7, 11) is 1.57. The van der Waals surface area contributed by atoms with Gasteiger partial charge in [0.25, 0.3) is 0 Å². The minimum absolute atomic E-state index is 0.0539. The number of methoxy groups -OCH3 is 1. The number of nitrogens with zero attached hydrogens (tertiary/aromatic N) is 1. The Morgan fingerprint density at radius 2 is 2.00 bits per heavy atom. The van der Waals surface area contributed by atoms with Crippen LogP contribution in [0.1, 0.15) is 6.92 Å². The van der Waals surface area contributed by atoms with Crippen molar-refractivity contribution in [3.05, 3.63) is 24.3 Å². The molecule has 0 N–H and O–H groups in total. The predicted molar refractivity (Wildman–Crippen MR) is 56.7 cm³/mol. The molecule has 0 aromatic heterocycles. The first-order valence-electron chi connectivity index (χ1n) is 4.46. The fraction of sp³-hybridized carbons (Fsp3) is 0.273. The summed E-state index contributed by atoms with van der Waals surface area (Å²) in [6.07, 6.45) is 1.70. The molecule has 79 valence electrons. The van der Waals surface area contributed by atoms with E-state index in [0.29, 0.717) is 11.4 Å². The number of anilines is 1. The van der Waals surface area contributed by atoms with Gasteiger partial charge >= 0.3 is 0 Å². The highest BCUT2D eigenvalue weighted by Gasteiger charge is 2.10. The Balaban J connectivity index is 2.91. The second-order valence-electron chi connectivity index (χ2n) is 2.95. The van der Waals surface area contributed by atoms with Crippen molar-refractivity contribution in [2.45, 2.75) is 6.92 Å². The van der Waals surface area contributed by atoms with Gasteiger partial charge in [0.05, 0.1) is 13.7 Å². The number of amides is 1. The maximum Gasteiger partial charge on any atom is 0.224 e. The maximum absolute atomic E-state index is 11.2. The van der Waals surface area contributed by atoms with E-state index in [1.165, 1.54) is 11.8 Å². The topological polar surface area (TPSA) is 46.6 Å². The molecule has 0 aliphatic carbocycles. The molecule has 0 heterocycles. The first-order chi connectivity index (χ1) is 7.19. The van der Waals surface area contributed by atoms with Crippen molar-refractivity contribution in [3.63, 3.8) is 0 Å². The number of ether oxygens (including phenoxy) is 1. The molecule has 1 radical (unpaired) electrons. The van der Waals surface area contributed by atoms with Crippen molar-refractivity contribution in [1.82, 2.24) is 0 Å². The van der Waals surface area contributed by atoms with E-state index in [4.69, 9.17) is 4.74 Å². The standard InChI is InChI=1S/C11H12NO3/c1-9(14)12(7-8-13)10-3-5-11(15-2)6-4-10/h3-6H,7H2,1-2H3. The lowest BCUT2D eigenvalue weighted by molar-refractivity contribution is -0.116. The molecule has 1 amide bonds. The molecule has 15 heavy (non-hydrogen) atoms. The summed E-state index contributed by atoms with van der Waals surface area (Å²) >= 11 is 0. The minimum Gasteiger partial charge on any atom is -0.497 e. The Hall–Kier alpha value is -1.84. The van der Waals surface area contributed by atoms with E-state index in [0.717, 1.165) is 0 Å². The van der Waals surface area contributed by atoms with Gasteiger partial charge in [0, 0.05) is 12.6 Å². The molecule has 4 heteroatoms. The zero-order chi connectivity index (χ0) is 11.3. The third-order valence-corrected chi connectivity index (χ3v) is 1.99. The van der Waals surface area contributed by atoms with Crippen LogP contribution in [0.25, 0.3) is 0 Å². The lowest BCUT2D eigenvalue weighted by atomic mass is 10.2. The second kappa shape index (κ2) is 5.14. The third-order valence-electron chi connectivity index (χ3n) is 1.99. The SMILES string of the molecule is COc1ccc(N(C[C]=O)C(C)=O)cc1. The van der Waals surface area contributed by atoms with Crippen LogP contribution in [0.4, 0.5) is 5.69 Å². The molecule has 0 unspecified atom stereocenters. The van der Waals surface area contributed by atoms with Crippen LogP contribution in [0.5, 0.6) is 5.75 Å². The second-order valence-corrected chi connectivity index (χ2v) is 2.95. The van der Waals surface area contributed by atoms with Crippen molar-refractivity contribution in [1.29, 1.82) is 0 Å². The van der Waals surface area contributed by atoms with Crippen LogP contribution in [0, 0.1) is 0 Å². The number of benzene rings is 1. The summed E-state index contributed by atoms with van der Waals surface area (Å²) in [5.74, 6) is 0.515. The van der Waals surface area contributed by atoms with Gasteiger partial charge in [-0.15, -0.1) is 0 Å². The van der Waals surface area contributed by atoms with Crippen LogP contribution in [-0.4, -0.2) is 25.8 Å². The van der Waals surface area contributed by atoms with E-state index in [-0.39, 0.29) is 12.5 Å². The number of hydrogen-bond donors (Lipinski definition) is 0. The van der Waals surface area contributed by atoms with E-state index in [9.17, 15) is 9.59 Å². The monoisotopic (exact) mass is 206 g/mol. The quantitative estimate of drug-likeness (QED) is 0.742. The van der Waals surface area contributed by atoms with Gasteiger partial charge in [0.1, 0.15) is 5.75 Å². The van der Waals surface area contributed by atoms with Gasteiger partial charge in [-0.1, -0.05) is 0 Å². The molecule has 1 aromatic carbocycles. The van der Waals surface area contributed by atoms with Crippen LogP contribution in [0.15, 0.2) is 24.3 Å². The molecule has 0 spiro atoms. The fourth-order valence-electron chi connectivity index (χ4n) is 1.21. The number of carbonyl (C=O) groups excluding carboxylic acids is 2. The van der Waals surface area contributed by atoms with Crippen LogP contribution < -0.4 is 9.64 Å². The number of carbonyl (C=O) groups is 1. The number of hydrogen-bond acceptors (Lipinski definition) is 3. The zero-order valence-corrected chi connectivity index (χ0v) is 8.69. The highest BCUT2D eigenvalue weighted by molar-refractivity contribution is 5.94. The van der Waals surface area contributed by atoms with Crippen molar-refractivity contribution in [2.75, 3.05) is 18.6 Å². The van der Waals surface area contributed by atoms with Gasteiger partial charge in [0.15, 0.2) is 0 Å². The van der Waals surface area contributed by atoms with Gasteiger partial charge in [-0.05, 0) is 24.3 Å². The van der Waals surface area contributed by atoms with Crippen molar-refractivity contribution >= 4 is 17.9 Å². The molecule has 4 nitrogen and oxygen atoms in total. The summed E-state index contributed by atoms with van der Waals surface area (Å²) < 4.78 is 4.99.